The van der Waals surface area contributed by atoms with Crippen LogP contribution in [0.3, 0.4) is 0 Å². The molecule has 1 atom stereocenters. The summed E-state index contributed by atoms with van der Waals surface area (Å²) in [5.41, 5.74) is 7.39. The monoisotopic (exact) mass is 262 g/mol. The molecule has 2 rings (SSSR count). The minimum Gasteiger partial charge on any atom is -0.399 e. The number of anilines is 1. The van der Waals surface area contributed by atoms with Crippen molar-refractivity contribution in [2.75, 3.05) is 12.3 Å². The quantitative estimate of drug-likeness (QED) is 0.604. The van der Waals surface area contributed by atoms with E-state index in [1.54, 1.807) is 18.2 Å². The molecule has 2 aromatic rings. The highest BCUT2D eigenvalue weighted by Gasteiger charge is 2.14. The number of rotatable bonds is 5. The molecular weight excluding hydrogens is 244 g/mol. The molecule has 5 N–H and O–H groups in total. The number of hydrogen-bond acceptors (Lipinski definition) is 4. The Hall–Kier alpha value is -2.08. The third-order valence-corrected chi connectivity index (χ3v) is 3.04. The second-order valence-electron chi connectivity index (χ2n) is 4.48. The summed E-state index contributed by atoms with van der Waals surface area (Å²) in [6.45, 7) is 2.32. The Morgan fingerprint density at radius 3 is 3.11 bits per heavy atom. The van der Waals surface area contributed by atoms with Crippen molar-refractivity contribution in [2.24, 2.45) is 0 Å². The summed E-state index contributed by atoms with van der Waals surface area (Å²) in [5, 5.41) is 19.7. The second-order valence-corrected chi connectivity index (χ2v) is 4.48. The molecule has 1 heterocycles. The van der Waals surface area contributed by atoms with Crippen molar-refractivity contribution in [3.63, 3.8) is 0 Å². The SMILES string of the molecule is CCC(O)CCNC(=O)c1n[nH]c2ccc(N)cc12. The number of amides is 1. The number of aromatic nitrogens is 2. The van der Waals surface area contributed by atoms with Gasteiger partial charge in [-0.25, -0.2) is 0 Å². The van der Waals surface area contributed by atoms with Gasteiger partial charge in [0, 0.05) is 17.6 Å². The Bertz CT molecular complexity index is 579. The molecule has 1 amide bonds. The fraction of sp³-hybridized carbons (Fsp3) is 0.385. The van der Waals surface area contributed by atoms with Crippen molar-refractivity contribution in [3.05, 3.63) is 23.9 Å². The number of nitrogens with zero attached hydrogens (tertiary/aromatic N) is 1. The minimum absolute atomic E-state index is 0.264. The van der Waals surface area contributed by atoms with Gasteiger partial charge in [-0.2, -0.15) is 5.10 Å². The first kappa shape index (κ1) is 13.4. The van der Waals surface area contributed by atoms with Gasteiger partial charge in [-0.1, -0.05) is 6.92 Å². The molecule has 0 aliphatic rings. The van der Waals surface area contributed by atoms with E-state index in [1.165, 1.54) is 0 Å². The number of nitrogen functional groups attached to an aromatic ring is 1. The number of nitrogens with two attached hydrogens (primary N) is 1. The molecule has 1 aromatic heterocycles. The van der Waals surface area contributed by atoms with E-state index in [4.69, 9.17) is 5.73 Å². The van der Waals surface area contributed by atoms with Gasteiger partial charge >= 0.3 is 0 Å². The summed E-state index contributed by atoms with van der Waals surface area (Å²) in [6.07, 6.45) is 0.830. The number of nitrogens with one attached hydrogen (secondary N) is 2. The zero-order valence-electron chi connectivity index (χ0n) is 10.8. The number of carbonyl (C=O) groups is 1. The maximum atomic E-state index is 12.0. The van der Waals surface area contributed by atoms with Crippen LogP contribution in [-0.2, 0) is 0 Å². The number of H-pyrrole nitrogens is 1. The fourth-order valence-electron chi connectivity index (χ4n) is 1.84. The number of fused-ring (bicyclic) bond motifs is 1. The lowest BCUT2D eigenvalue weighted by molar-refractivity contribution is 0.0938. The Balaban J connectivity index is 2.07. The van der Waals surface area contributed by atoms with Crippen LogP contribution in [0.4, 0.5) is 5.69 Å². The molecule has 6 nitrogen and oxygen atoms in total. The summed E-state index contributed by atoms with van der Waals surface area (Å²) in [4.78, 5) is 12.0. The molecule has 0 saturated carbocycles. The summed E-state index contributed by atoms with van der Waals surface area (Å²) in [5.74, 6) is -0.264. The average Bonchev–Trinajstić information content (AvgIpc) is 2.81. The van der Waals surface area contributed by atoms with E-state index in [-0.39, 0.29) is 12.0 Å². The van der Waals surface area contributed by atoms with Crippen molar-refractivity contribution in [2.45, 2.75) is 25.9 Å². The molecule has 1 aromatic carbocycles. The Kier molecular flexibility index (Phi) is 4.01. The molecule has 0 aliphatic carbocycles. The van der Waals surface area contributed by atoms with Crippen LogP contribution >= 0.6 is 0 Å². The number of aromatic amines is 1. The smallest absolute Gasteiger partial charge is 0.272 e. The minimum atomic E-state index is -0.383. The molecule has 102 valence electrons. The molecule has 0 fully saturated rings. The van der Waals surface area contributed by atoms with Crippen molar-refractivity contribution in [1.82, 2.24) is 15.5 Å². The van der Waals surface area contributed by atoms with E-state index < -0.39 is 0 Å². The average molecular weight is 262 g/mol. The van der Waals surface area contributed by atoms with Crippen LogP contribution in [0.15, 0.2) is 18.2 Å². The van der Waals surface area contributed by atoms with Crippen LogP contribution in [0, 0.1) is 0 Å². The molecule has 0 spiro atoms. The predicted octanol–water partition coefficient (Wildman–Crippen LogP) is 1.04. The van der Waals surface area contributed by atoms with E-state index in [1.807, 2.05) is 6.92 Å². The summed E-state index contributed by atoms with van der Waals surface area (Å²) in [6, 6.07) is 5.25. The van der Waals surface area contributed by atoms with Crippen molar-refractivity contribution >= 4 is 22.5 Å². The summed E-state index contributed by atoms with van der Waals surface area (Å²) >= 11 is 0. The summed E-state index contributed by atoms with van der Waals surface area (Å²) < 4.78 is 0. The van der Waals surface area contributed by atoms with E-state index >= 15 is 0 Å². The van der Waals surface area contributed by atoms with Crippen LogP contribution in [0.25, 0.3) is 10.9 Å². The van der Waals surface area contributed by atoms with Gasteiger partial charge in [-0.3, -0.25) is 9.89 Å². The zero-order chi connectivity index (χ0) is 13.8. The van der Waals surface area contributed by atoms with Gasteiger partial charge in [0.15, 0.2) is 5.69 Å². The molecule has 0 radical (unpaired) electrons. The third-order valence-electron chi connectivity index (χ3n) is 3.04. The van der Waals surface area contributed by atoms with Gasteiger partial charge in [0.05, 0.1) is 11.6 Å². The van der Waals surface area contributed by atoms with Gasteiger partial charge in [0.1, 0.15) is 0 Å². The van der Waals surface area contributed by atoms with Crippen molar-refractivity contribution < 1.29 is 9.90 Å². The largest absolute Gasteiger partial charge is 0.399 e. The first-order valence-electron chi connectivity index (χ1n) is 6.31. The zero-order valence-corrected chi connectivity index (χ0v) is 10.8. The first-order valence-corrected chi connectivity index (χ1v) is 6.31. The first-order chi connectivity index (χ1) is 9.11. The van der Waals surface area contributed by atoms with Gasteiger partial charge in [0.25, 0.3) is 5.91 Å². The van der Waals surface area contributed by atoms with Gasteiger partial charge in [-0.05, 0) is 31.0 Å². The molecular formula is C13H18N4O2. The molecule has 1 unspecified atom stereocenters. The number of hydrogen-bond donors (Lipinski definition) is 4. The molecule has 0 bridgehead atoms. The lowest BCUT2D eigenvalue weighted by atomic mass is 10.1. The topological polar surface area (TPSA) is 104 Å². The standard InChI is InChI=1S/C13H18N4O2/c1-2-9(18)5-6-15-13(19)12-10-7-8(14)3-4-11(10)16-17-12/h3-4,7,9,18H,2,5-6,14H2,1H3,(H,15,19)(H,16,17). The van der Waals surface area contributed by atoms with E-state index in [9.17, 15) is 9.90 Å². The fourth-order valence-corrected chi connectivity index (χ4v) is 1.84. The van der Waals surface area contributed by atoms with Crippen LogP contribution in [0.2, 0.25) is 0 Å². The molecule has 19 heavy (non-hydrogen) atoms. The highest BCUT2D eigenvalue weighted by atomic mass is 16.3. The summed E-state index contributed by atoms with van der Waals surface area (Å²) in [7, 11) is 0. The van der Waals surface area contributed by atoms with Gasteiger partial charge < -0.3 is 16.2 Å². The Labute approximate surface area is 111 Å². The predicted molar refractivity (Wildman–Crippen MR) is 73.8 cm³/mol. The lowest BCUT2D eigenvalue weighted by Crippen LogP contribution is -2.27. The van der Waals surface area contributed by atoms with Crippen molar-refractivity contribution in [3.8, 4) is 0 Å². The Morgan fingerprint density at radius 2 is 2.37 bits per heavy atom. The van der Waals surface area contributed by atoms with E-state index in [0.29, 0.717) is 36.2 Å². The van der Waals surface area contributed by atoms with Gasteiger partial charge in [-0.15, -0.1) is 0 Å². The number of carbonyl (C=O) groups excluding carboxylic acids is 1. The maximum Gasteiger partial charge on any atom is 0.272 e. The number of benzene rings is 1. The Morgan fingerprint density at radius 1 is 1.58 bits per heavy atom. The van der Waals surface area contributed by atoms with Crippen LogP contribution < -0.4 is 11.1 Å². The highest BCUT2D eigenvalue weighted by Crippen LogP contribution is 2.18. The van der Waals surface area contributed by atoms with Crippen LogP contribution in [-0.4, -0.2) is 33.9 Å². The van der Waals surface area contributed by atoms with Crippen LogP contribution in [0.5, 0.6) is 0 Å². The third kappa shape index (κ3) is 3.03. The second kappa shape index (κ2) is 5.71. The molecule has 0 aliphatic heterocycles. The van der Waals surface area contributed by atoms with Gasteiger partial charge in [0.2, 0.25) is 0 Å². The number of aliphatic hydroxyl groups excluding tert-OH is 1. The normalized spacial score (nSPS) is 12.5. The number of aliphatic hydroxyl groups is 1. The van der Waals surface area contributed by atoms with E-state index in [0.717, 1.165) is 5.52 Å². The molecule has 0 saturated heterocycles. The lowest BCUT2D eigenvalue weighted by Gasteiger charge is -2.07. The van der Waals surface area contributed by atoms with Crippen molar-refractivity contribution in [1.29, 1.82) is 0 Å². The van der Waals surface area contributed by atoms with E-state index in [2.05, 4.69) is 15.5 Å². The highest BCUT2D eigenvalue weighted by molar-refractivity contribution is 6.05. The maximum absolute atomic E-state index is 12.0. The van der Waals surface area contributed by atoms with Crippen LogP contribution in [0.1, 0.15) is 30.3 Å². The molecule has 6 heteroatoms.